The van der Waals surface area contributed by atoms with Crippen LogP contribution in [0.5, 0.6) is 0 Å². The maximum absolute atomic E-state index is 13.5. The summed E-state index contributed by atoms with van der Waals surface area (Å²) >= 11 is 6.24. The smallest absolute Gasteiger partial charge is 0.352 e. The Balaban J connectivity index is 1.66. The third kappa shape index (κ3) is 4.47. The van der Waals surface area contributed by atoms with Gasteiger partial charge in [0, 0.05) is 47.2 Å². The molecule has 0 radical (unpaired) electrons. The molecule has 7 heteroatoms. The molecule has 1 aliphatic rings. The minimum absolute atomic E-state index is 0.243. The van der Waals surface area contributed by atoms with Crippen LogP contribution in [0.4, 0.5) is 4.39 Å². The van der Waals surface area contributed by atoms with Gasteiger partial charge in [-0.1, -0.05) is 42.8 Å². The van der Waals surface area contributed by atoms with Crippen LogP contribution in [-0.4, -0.2) is 46.2 Å². The Morgan fingerprint density at radius 1 is 1.29 bits per heavy atom. The average Bonchev–Trinajstić information content (AvgIpc) is 3.33. The Hall–Kier alpha value is -2.41. The summed E-state index contributed by atoms with van der Waals surface area (Å²) in [5, 5.41) is 14.8. The summed E-state index contributed by atoms with van der Waals surface area (Å²) in [6.07, 6.45) is 2.37. The lowest BCUT2D eigenvalue weighted by Gasteiger charge is -2.23. The molecule has 1 aromatic heterocycles. The highest BCUT2D eigenvalue weighted by Crippen LogP contribution is 2.29. The van der Waals surface area contributed by atoms with Gasteiger partial charge >= 0.3 is 5.97 Å². The molecule has 31 heavy (non-hydrogen) atoms. The number of benzene rings is 2. The zero-order valence-corrected chi connectivity index (χ0v) is 18.3. The number of carbonyl (C=O) groups is 1. The Morgan fingerprint density at radius 3 is 2.84 bits per heavy atom. The van der Waals surface area contributed by atoms with E-state index in [1.165, 1.54) is 18.6 Å². The van der Waals surface area contributed by atoms with Crippen molar-refractivity contribution in [2.75, 3.05) is 19.6 Å². The summed E-state index contributed by atoms with van der Waals surface area (Å²) < 4.78 is 15.2. The lowest BCUT2D eigenvalue weighted by atomic mass is 10.1. The molecule has 0 unspecified atom stereocenters. The SMILES string of the molecule is CCN1CCC[C@H]1CNCc1c(C(=O)O)n(Cc2ccc(F)cc2Cl)c2ccccc12. The van der Waals surface area contributed by atoms with Crippen LogP contribution in [0.1, 0.15) is 41.4 Å². The molecule has 2 heterocycles. The van der Waals surface area contributed by atoms with E-state index in [2.05, 4.69) is 17.1 Å². The second-order valence-corrected chi connectivity index (χ2v) is 8.43. The summed E-state index contributed by atoms with van der Waals surface area (Å²) in [7, 11) is 0. The number of aromatic nitrogens is 1. The number of hydrogen-bond acceptors (Lipinski definition) is 3. The van der Waals surface area contributed by atoms with Crippen molar-refractivity contribution in [2.24, 2.45) is 0 Å². The fourth-order valence-electron chi connectivity index (χ4n) is 4.69. The van der Waals surface area contributed by atoms with E-state index in [4.69, 9.17) is 11.6 Å². The molecule has 5 nitrogen and oxygen atoms in total. The quantitative estimate of drug-likeness (QED) is 0.527. The van der Waals surface area contributed by atoms with E-state index >= 15 is 0 Å². The molecule has 0 saturated carbocycles. The second-order valence-electron chi connectivity index (χ2n) is 8.03. The van der Waals surface area contributed by atoms with Gasteiger partial charge < -0.3 is 15.0 Å². The van der Waals surface area contributed by atoms with Gasteiger partial charge in [-0.2, -0.15) is 0 Å². The van der Waals surface area contributed by atoms with Crippen LogP contribution in [0.2, 0.25) is 5.02 Å². The van der Waals surface area contributed by atoms with E-state index in [1.807, 2.05) is 24.3 Å². The number of fused-ring (bicyclic) bond motifs is 1. The van der Waals surface area contributed by atoms with Crippen molar-refractivity contribution >= 4 is 28.5 Å². The number of hydrogen-bond donors (Lipinski definition) is 2. The molecule has 1 aliphatic heterocycles. The van der Waals surface area contributed by atoms with Gasteiger partial charge in [-0.15, -0.1) is 0 Å². The Bertz CT molecular complexity index is 1100. The molecule has 164 valence electrons. The zero-order valence-electron chi connectivity index (χ0n) is 17.6. The molecule has 2 N–H and O–H groups in total. The predicted molar refractivity (Wildman–Crippen MR) is 121 cm³/mol. The lowest BCUT2D eigenvalue weighted by molar-refractivity contribution is 0.0684. The van der Waals surface area contributed by atoms with Crippen LogP contribution >= 0.6 is 11.6 Å². The van der Waals surface area contributed by atoms with E-state index in [9.17, 15) is 14.3 Å². The first-order chi connectivity index (χ1) is 15.0. The number of nitrogens with one attached hydrogen (secondary N) is 1. The first-order valence-electron chi connectivity index (χ1n) is 10.7. The summed E-state index contributed by atoms with van der Waals surface area (Å²) in [5.74, 6) is -1.40. The van der Waals surface area contributed by atoms with Crippen LogP contribution in [0.3, 0.4) is 0 Å². The van der Waals surface area contributed by atoms with Gasteiger partial charge in [0.15, 0.2) is 0 Å². The van der Waals surface area contributed by atoms with Crippen LogP contribution < -0.4 is 5.32 Å². The summed E-state index contributed by atoms with van der Waals surface area (Å²) in [4.78, 5) is 14.8. The van der Waals surface area contributed by atoms with E-state index in [0.29, 0.717) is 18.2 Å². The fraction of sp³-hybridized carbons (Fsp3) is 0.375. The number of halogens is 2. The highest BCUT2D eigenvalue weighted by atomic mass is 35.5. The highest BCUT2D eigenvalue weighted by molar-refractivity contribution is 6.31. The van der Waals surface area contributed by atoms with Crippen molar-refractivity contribution in [3.05, 3.63) is 70.1 Å². The molecular weight excluding hydrogens is 417 g/mol. The average molecular weight is 444 g/mol. The number of para-hydroxylation sites is 1. The summed E-state index contributed by atoms with van der Waals surface area (Å²) in [6.45, 7) is 5.89. The molecule has 2 aromatic carbocycles. The third-order valence-electron chi connectivity index (χ3n) is 6.21. The van der Waals surface area contributed by atoms with Gasteiger partial charge in [0.05, 0.1) is 0 Å². The number of rotatable bonds is 8. The van der Waals surface area contributed by atoms with E-state index < -0.39 is 11.8 Å². The molecule has 1 atom stereocenters. The summed E-state index contributed by atoms with van der Waals surface area (Å²) in [6, 6.07) is 12.4. The van der Waals surface area contributed by atoms with Crippen LogP contribution in [0, 0.1) is 5.82 Å². The molecule has 1 saturated heterocycles. The number of nitrogens with zero attached hydrogens (tertiary/aromatic N) is 2. The van der Waals surface area contributed by atoms with Crippen molar-refractivity contribution in [1.82, 2.24) is 14.8 Å². The number of likely N-dealkylation sites (N-methyl/N-ethyl adjacent to an activating group) is 1. The van der Waals surface area contributed by atoms with Gasteiger partial charge in [0.2, 0.25) is 0 Å². The van der Waals surface area contributed by atoms with E-state index in [1.54, 1.807) is 10.6 Å². The van der Waals surface area contributed by atoms with Gasteiger partial charge in [0.1, 0.15) is 11.5 Å². The molecule has 0 aliphatic carbocycles. The van der Waals surface area contributed by atoms with Crippen molar-refractivity contribution < 1.29 is 14.3 Å². The van der Waals surface area contributed by atoms with Crippen molar-refractivity contribution in [3.63, 3.8) is 0 Å². The normalized spacial score (nSPS) is 16.9. The van der Waals surface area contributed by atoms with Crippen LogP contribution in [0.15, 0.2) is 42.5 Å². The molecule has 1 fully saturated rings. The second kappa shape index (κ2) is 9.39. The lowest BCUT2D eigenvalue weighted by Crippen LogP contribution is -2.37. The standard InChI is InChI=1S/C24H27ClFN3O2/c1-2-28-11-5-6-18(28)13-27-14-20-19-7-3-4-8-22(19)29(23(20)24(30)31)15-16-9-10-17(26)12-21(16)25/h3-4,7-10,12,18,27H,2,5-6,11,13-15H2,1H3,(H,30,31)/t18-/m0/s1. The molecule has 0 spiro atoms. The Morgan fingerprint density at radius 2 is 2.10 bits per heavy atom. The largest absolute Gasteiger partial charge is 0.477 e. The molecule has 3 aromatic rings. The molecule has 0 amide bonds. The maximum atomic E-state index is 13.5. The Kier molecular flexibility index (Phi) is 6.60. The topological polar surface area (TPSA) is 57.5 Å². The maximum Gasteiger partial charge on any atom is 0.352 e. The first kappa shape index (κ1) is 21.8. The predicted octanol–water partition coefficient (Wildman–Crippen LogP) is 4.75. The van der Waals surface area contributed by atoms with Gasteiger partial charge in [-0.3, -0.25) is 4.90 Å². The van der Waals surface area contributed by atoms with Crippen molar-refractivity contribution in [1.29, 1.82) is 0 Å². The first-order valence-corrected chi connectivity index (χ1v) is 11.1. The monoisotopic (exact) mass is 443 g/mol. The number of carboxylic acid groups (broad SMARTS) is 1. The van der Waals surface area contributed by atoms with E-state index in [0.717, 1.165) is 42.5 Å². The van der Waals surface area contributed by atoms with Gasteiger partial charge in [0.25, 0.3) is 0 Å². The third-order valence-corrected chi connectivity index (χ3v) is 6.56. The number of aromatic carboxylic acids is 1. The molecular formula is C24H27ClFN3O2. The molecule has 4 rings (SSSR count). The number of carboxylic acids is 1. The highest BCUT2D eigenvalue weighted by Gasteiger charge is 2.25. The van der Waals surface area contributed by atoms with Crippen molar-refractivity contribution in [2.45, 2.75) is 38.9 Å². The zero-order chi connectivity index (χ0) is 22.0. The fourth-order valence-corrected chi connectivity index (χ4v) is 4.92. The number of likely N-dealkylation sites (tertiary alicyclic amines) is 1. The summed E-state index contributed by atoms with van der Waals surface area (Å²) in [5.41, 5.74) is 2.51. The minimum atomic E-state index is -0.984. The van der Waals surface area contributed by atoms with Gasteiger partial charge in [-0.05, 0) is 49.7 Å². The van der Waals surface area contributed by atoms with Crippen LogP contribution in [-0.2, 0) is 13.1 Å². The van der Waals surface area contributed by atoms with Gasteiger partial charge in [-0.25, -0.2) is 9.18 Å². The molecule has 0 bridgehead atoms. The van der Waals surface area contributed by atoms with Crippen LogP contribution in [0.25, 0.3) is 10.9 Å². The van der Waals surface area contributed by atoms with Crippen molar-refractivity contribution in [3.8, 4) is 0 Å². The van der Waals surface area contributed by atoms with E-state index in [-0.39, 0.29) is 17.3 Å². The Labute approximate surface area is 186 Å². The minimum Gasteiger partial charge on any atom is -0.477 e.